The molecular weight excluding hydrogens is 386 g/mol. The molecule has 0 saturated carbocycles. The van der Waals surface area contributed by atoms with Crippen LogP contribution >= 0.6 is 0 Å². The van der Waals surface area contributed by atoms with Crippen molar-refractivity contribution in [2.45, 2.75) is 33.4 Å². The van der Waals surface area contributed by atoms with Gasteiger partial charge in [-0.3, -0.25) is 0 Å². The average molecular weight is 410 g/mol. The Hall–Kier alpha value is -3.19. The van der Waals surface area contributed by atoms with E-state index in [1.54, 1.807) is 13.3 Å². The smallest absolute Gasteiger partial charge is 0.151 e. The van der Waals surface area contributed by atoms with Crippen molar-refractivity contribution in [1.29, 1.82) is 0 Å². The number of aryl methyl sites for hydroxylation is 1. The van der Waals surface area contributed by atoms with Crippen LogP contribution in [0, 0.1) is 25.5 Å². The molecule has 4 aromatic rings. The lowest BCUT2D eigenvalue weighted by molar-refractivity contribution is 0.415. The van der Waals surface area contributed by atoms with Gasteiger partial charge in [-0.2, -0.15) is 5.10 Å². The van der Waals surface area contributed by atoms with E-state index in [2.05, 4.69) is 22.3 Å². The fraction of sp³-hybridized carbons (Fsp3) is 0.261. The number of aromatic nitrogens is 3. The number of nitrogens with zero attached hydrogens (tertiary/aromatic N) is 2. The Bertz CT molecular complexity index is 1210. The highest BCUT2D eigenvalue weighted by Gasteiger charge is 2.17. The normalized spacial score (nSPS) is 12.5. The molecule has 5 nitrogen and oxygen atoms in total. The molecule has 0 aliphatic heterocycles. The van der Waals surface area contributed by atoms with Gasteiger partial charge >= 0.3 is 0 Å². The van der Waals surface area contributed by atoms with Crippen LogP contribution in [0.5, 0.6) is 5.75 Å². The maximum atomic E-state index is 14.2. The van der Waals surface area contributed by atoms with Crippen LogP contribution in [0.4, 0.5) is 8.78 Å². The molecule has 1 atom stereocenters. The highest BCUT2D eigenvalue weighted by molar-refractivity contribution is 5.85. The molecule has 0 bridgehead atoms. The number of H-pyrrole nitrogens is 1. The summed E-state index contributed by atoms with van der Waals surface area (Å²) in [7, 11) is 1.66. The topological polar surface area (TPSA) is 54.9 Å². The van der Waals surface area contributed by atoms with Crippen molar-refractivity contribution < 1.29 is 13.5 Å². The maximum Gasteiger partial charge on any atom is 0.151 e. The SMILES string of the molecule is COc1ccc2[nH]c(CNC(C)c3cnn(-c4ccc(F)cc4F)c3C)c(C)c2c1. The highest BCUT2D eigenvalue weighted by Crippen LogP contribution is 2.27. The summed E-state index contributed by atoms with van der Waals surface area (Å²) in [4.78, 5) is 3.46. The summed E-state index contributed by atoms with van der Waals surface area (Å²) in [5.41, 5.74) is 5.32. The van der Waals surface area contributed by atoms with E-state index < -0.39 is 11.6 Å². The lowest BCUT2D eigenvalue weighted by atomic mass is 10.1. The molecule has 2 aromatic heterocycles. The average Bonchev–Trinajstić information content (AvgIpc) is 3.26. The first-order valence-electron chi connectivity index (χ1n) is 9.77. The second-order valence-electron chi connectivity index (χ2n) is 7.44. The number of fused-ring (bicyclic) bond motifs is 1. The van der Waals surface area contributed by atoms with Crippen LogP contribution in [0.3, 0.4) is 0 Å². The van der Waals surface area contributed by atoms with Crippen LogP contribution in [0.2, 0.25) is 0 Å². The third kappa shape index (κ3) is 3.57. The summed E-state index contributed by atoms with van der Waals surface area (Å²) in [5.74, 6) is -0.423. The van der Waals surface area contributed by atoms with Gasteiger partial charge in [-0.25, -0.2) is 13.5 Å². The van der Waals surface area contributed by atoms with Gasteiger partial charge < -0.3 is 15.0 Å². The largest absolute Gasteiger partial charge is 0.497 e. The molecule has 0 aliphatic carbocycles. The number of rotatable bonds is 6. The first kappa shape index (κ1) is 20.1. The molecule has 2 heterocycles. The van der Waals surface area contributed by atoms with Crippen LogP contribution in [0.25, 0.3) is 16.6 Å². The second kappa shape index (κ2) is 7.91. The van der Waals surface area contributed by atoms with Crippen molar-refractivity contribution in [3.63, 3.8) is 0 Å². The summed E-state index contributed by atoms with van der Waals surface area (Å²) in [6, 6.07) is 9.46. The van der Waals surface area contributed by atoms with Gasteiger partial charge in [-0.15, -0.1) is 0 Å². The monoisotopic (exact) mass is 410 g/mol. The predicted octanol–water partition coefficient (Wildman–Crippen LogP) is 5.11. The molecule has 0 amide bonds. The Balaban J connectivity index is 1.54. The standard InChI is InChI=1S/C23H24F2N4O/c1-13-18-10-17(30-4)6-7-21(18)28-22(13)12-26-14(2)19-11-27-29(15(19)3)23-8-5-16(24)9-20(23)25/h5-11,14,26,28H,12H2,1-4H3. The number of aromatic amines is 1. The van der Waals surface area contributed by atoms with Crippen molar-refractivity contribution in [2.24, 2.45) is 0 Å². The van der Waals surface area contributed by atoms with Crippen LogP contribution in [0.1, 0.15) is 35.5 Å². The molecule has 0 radical (unpaired) electrons. The summed E-state index contributed by atoms with van der Waals surface area (Å²) in [5, 5.41) is 8.96. The van der Waals surface area contributed by atoms with Gasteiger partial charge in [0.25, 0.3) is 0 Å². The summed E-state index contributed by atoms with van der Waals surface area (Å²) >= 11 is 0. The van der Waals surface area contributed by atoms with E-state index in [0.717, 1.165) is 39.7 Å². The minimum absolute atomic E-state index is 0.0115. The van der Waals surface area contributed by atoms with Gasteiger partial charge in [0, 0.05) is 46.5 Å². The zero-order chi connectivity index (χ0) is 21.4. The molecular formula is C23H24F2N4O. The van der Waals surface area contributed by atoms with E-state index in [1.165, 1.54) is 22.4 Å². The quantitative estimate of drug-likeness (QED) is 0.465. The Labute approximate surface area is 173 Å². The number of nitrogens with one attached hydrogen (secondary N) is 2. The zero-order valence-electron chi connectivity index (χ0n) is 17.4. The minimum Gasteiger partial charge on any atom is -0.497 e. The first-order chi connectivity index (χ1) is 14.4. The van der Waals surface area contributed by atoms with E-state index in [0.29, 0.717) is 6.54 Å². The minimum atomic E-state index is -0.641. The summed E-state index contributed by atoms with van der Waals surface area (Å²) < 4.78 is 34.2. The number of hydrogen-bond donors (Lipinski definition) is 2. The van der Waals surface area contributed by atoms with Gasteiger partial charge in [0.15, 0.2) is 5.82 Å². The molecule has 7 heteroatoms. The molecule has 156 valence electrons. The van der Waals surface area contributed by atoms with E-state index >= 15 is 0 Å². The van der Waals surface area contributed by atoms with E-state index in [-0.39, 0.29) is 11.7 Å². The number of hydrogen-bond acceptors (Lipinski definition) is 3. The van der Waals surface area contributed by atoms with Crippen LogP contribution in [0.15, 0.2) is 42.6 Å². The lowest BCUT2D eigenvalue weighted by Gasteiger charge is -2.14. The van der Waals surface area contributed by atoms with Crippen molar-refractivity contribution in [1.82, 2.24) is 20.1 Å². The molecule has 4 rings (SSSR count). The van der Waals surface area contributed by atoms with Crippen molar-refractivity contribution in [3.8, 4) is 11.4 Å². The predicted molar refractivity (Wildman–Crippen MR) is 113 cm³/mol. The Morgan fingerprint density at radius 3 is 2.70 bits per heavy atom. The fourth-order valence-corrected chi connectivity index (χ4v) is 3.77. The molecule has 0 aliphatic rings. The Kier molecular flexibility index (Phi) is 5.30. The van der Waals surface area contributed by atoms with E-state index in [1.807, 2.05) is 32.0 Å². The lowest BCUT2D eigenvalue weighted by Crippen LogP contribution is -2.19. The molecule has 0 saturated heterocycles. The van der Waals surface area contributed by atoms with E-state index in [4.69, 9.17) is 4.74 Å². The molecule has 0 spiro atoms. The van der Waals surface area contributed by atoms with Gasteiger partial charge in [0.2, 0.25) is 0 Å². The van der Waals surface area contributed by atoms with Gasteiger partial charge in [-0.05, 0) is 56.7 Å². The van der Waals surface area contributed by atoms with Crippen molar-refractivity contribution in [3.05, 3.63) is 76.7 Å². The van der Waals surface area contributed by atoms with Gasteiger partial charge in [-0.1, -0.05) is 0 Å². The molecule has 30 heavy (non-hydrogen) atoms. The Morgan fingerprint density at radius 1 is 1.17 bits per heavy atom. The van der Waals surface area contributed by atoms with Crippen LogP contribution < -0.4 is 10.1 Å². The molecule has 0 fully saturated rings. The van der Waals surface area contributed by atoms with Gasteiger partial charge in [0.05, 0.1) is 13.3 Å². The van der Waals surface area contributed by atoms with Crippen LogP contribution in [-0.2, 0) is 6.54 Å². The summed E-state index contributed by atoms with van der Waals surface area (Å²) in [6.45, 7) is 6.64. The molecule has 2 N–H and O–H groups in total. The molecule has 1 unspecified atom stereocenters. The second-order valence-corrected chi connectivity index (χ2v) is 7.44. The number of methoxy groups -OCH3 is 1. The van der Waals surface area contributed by atoms with E-state index in [9.17, 15) is 8.78 Å². The third-order valence-electron chi connectivity index (χ3n) is 5.61. The molecule has 2 aromatic carbocycles. The fourth-order valence-electron chi connectivity index (χ4n) is 3.77. The first-order valence-corrected chi connectivity index (χ1v) is 9.77. The number of benzene rings is 2. The number of ether oxygens (including phenoxy) is 1. The third-order valence-corrected chi connectivity index (χ3v) is 5.61. The van der Waals surface area contributed by atoms with Crippen LogP contribution in [-0.4, -0.2) is 21.9 Å². The Morgan fingerprint density at radius 2 is 1.97 bits per heavy atom. The number of halogens is 2. The van der Waals surface area contributed by atoms with Crippen molar-refractivity contribution >= 4 is 10.9 Å². The highest BCUT2D eigenvalue weighted by atomic mass is 19.1. The maximum absolute atomic E-state index is 14.2. The van der Waals surface area contributed by atoms with Gasteiger partial charge in [0.1, 0.15) is 17.3 Å². The van der Waals surface area contributed by atoms with Crippen molar-refractivity contribution in [2.75, 3.05) is 7.11 Å². The summed E-state index contributed by atoms with van der Waals surface area (Å²) in [6.07, 6.45) is 1.72. The zero-order valence-corrected chi connectivity index (χ0v) is 17.4.